The molecule has 0 bridgehead atoms. The van der Waals surface area contributed by atoms with Crippen LogP contribution in [0.5, 0.6) is 5.75 Å². The number of amides is 1. The summed E-state index contributed by atoms with van der Waals surface area (Å²) in [7, 11) is 1.66. The Kier molecular flexibility index (Phi) is 5.79. The van der Waals surface area contributed by atoms with Crippen LogP contribution in [0.1, 0.15) is 33.6 Å². The summed E-state index contributed by atoms with van der Waals surface area (Å²) in [5, 5.41) is 3.52. The second kappa shape index (κ2) is 7.43. The van der Waals surface area contributed by atoms with Gasteiger partial charge in [-0.15, -0.1) is 0 Å². The zero-order valence-corrected chi connectivity index (χ0v) is 15.8. The van der Waals surface area contributed by atoms with Gasteiger partial charge in [0.1, 0.15) is 11.4 Å². The molecule has 1 aliphatic heterocycles. The maximum Gasteiger partial charge on any atom is 0.410 e. The summed E-state index contributed by atoms with van der Waals surface area (Å²) in [6.45, 7) is 7.08. The second-order valence-corrected chi connectivity index (χ2v) is 7.68. The van der Waals surface area contributed by atoms with E-state index in [0.717, 1.165) is 28.8 Å². The van der Waals surface area contributed by atoms with Crippen LogP contribution in [0.3, 0.4) is 0 Å². The highest BCUT2D eigenvalue weighted by Crippen LogP contribution is 2.26. The van der Waals surface area contributed by atoms with E-state index in [4.69, 9.17) is 9.47 Å². The first-order valence-corrected chi connectivity index (χ1v) is 8.65. The van der Waals surface area contributed by atoms with Crippen molar-refractivity contribution in [3.63, 3.8) is 0 Å². The standard InChI is InChI=1S/C17H25BrN2O3/c1-17(2,3)23-16(21)20-7-5-13(6-8-20)19-14-9-12(18)10-15(11-14)22-4/h9-11,13,19H,5-8H2,1-4H3. The van der Waals surface area contributed by atoms with E-state index in [2.05, 4.69) is 21.2 Å². The van der Waals surface area contributed by atoms with Gasteiger partial charge in [0, 0.05) is 35.4 Å². The number of nitrogens with one attached hydrogen (secondary N) is 1. The Labute approximate surface area is 146 Å². The molecule has 0 atom stereocenters. The molecule has 5 nitrogen and oxygen atoms in total. The Bertz CT molecular complexity index is 549. The second-order valence-electron chi connectivity index (χ2n) is 6.77. The lowest BCUT2D eigenvalue weighted by Crippen LogP contribution is -2.44. The van der Waals surface area contributed by atoms with Crippen LogP contribution in [0.15, 0.2) is 22.7 Å². The van der Waals surface area contributed by atoms with Crippen LogP contribution >= 0.6 is 15.9 Å². The van der Waals surface area contributed by atoms with Gasteiger partial charge in [0.15, 0.2) is 0 Å². The third kappa shape index (κ3) is 5.61. The van der Waals surface area contributed by atoms with E-state index >= 15 is 0 Å². The predicted molar refractivity (Wildman–Crippen MR) is 95.1 cm³/mol. The van der Waals surface area contributed by atoms with Crippen LogP contribution in [-0.4, -0.2) is 42.8 Å². The number of nitrogens with zero attached hydrogens (tertiary/aromatic N) is 1. The van der Waals surface area contributed by atoms with Gasteiger partial charge in [-0.25, -0.2) is 4.79 Å². The van der Waals surface area contributed by atoms with E-state index in [9.17, 15) is 4.79 Å². The Morgan fingerprint density at radius 2 is 1.91 bits per heavy atom. The molecule has 0 spiro atoms. The molecular weight excluding hydrogens is 360 g/mol. The SMILES string of the molecule is COc1cc(Br)cc(NC2CCN(C(=O)OC(C)(C)C)CC2)c1. The number of halogens is 1. The molecule has 1 N–H and O–H groups in total. The zero-order chi connectivity index (χ0) is 17.0. The quantitative estimate of drug-likeness (QED) is 0.845. The van der Waals surface area contributed by atoms with E-state index in [-0.39, 0.29) is 6.09 Å². The molecule has 23 heavy (non-hydrogen) atoms. The number of methoxy groups -OCH3 is 1. The van der Waals surface area contributed by atoms with Crippen LogP contribution in [0.25, 0.3) is 0 Å². The molecule has 0 saturated carbocycles. The van der Waals surface area contributed by atoms with Gasteiger partial charge >= 0.3 is 6.09 Å². The number of hydrogen-bond donors (Lipinski definition) is 1. The maximum atomic E-state index is 12.1. The maximum absolute atomic E-state index is 12.1. The summed E-state index contributed by atoms with van der Waals surface area (Å²) in [5.74, 6) is 0.813. The molecule has 2 rings (SSSR count). The van der Waals surface area contributed by atoms with Gasteiger partial charge in [0.25, 0.3) is 0 Å². The van der Waals surface area contributed by atoms with Crippen molar-refractivity contribution in [1.82, 2.24) is 4.90 Å². The number of hydrogen-bond acceptors (Lipinski definition) is 4. The monoisotopic (exact) mass is 384 g/mol. The van der Waals surface area contributed by atoms with Crippen LogP contribution in [-0.2, 0) is 4.74 Å². The van der Waals surface area contributed by atoms with Crippen molar-refractivity contribution in [1.29, 1.82) is 0 Å². The van der Waals surface area contributed by atoms with Gasteiger partial charge in [-0.2, -0.15) is 0 Å². The molecule has 1 aromatic rings. The molecule has 0 aliphatic carbocycles. The minimum absolute atomic E-state index is 0.222. The summed E-state index contributed by atoms with van der Waals surface area (Å²) in [5.41, 5.74) is 0.575. The summed E-state index contributed by atoms with van der Waals surface area (Å²) in [6, 6.07) is 6.28. The first-order valence-electron chi connectivity index (χ1n) is 7.86. The summed E-state index contributed by atoms with van der Waals surface area (Å²) in [6.07, 6.45) is 1.57. The molecule has 6 heteroatoms. The smallest absolute Gasteiger partial charge is 0.410 e. The van der Waals surface area contributed by atoms with Gasteiger partial charge in [0.2, 0.25) is 0 Å². The fourth-order valence-corrected chi connectivity index (χ4v) is 3.00. The van der Waals surface area contributed by atoms with E-state index in [0.29, 0.717) is 19.1 Å². The van der Waals surface area contributed by atoms with Crippen molar-refractivity contribution in [3.8, 4) is 5.75 Å². The van der Waals surface area contributed by atoms with Crippen LogP contribution in [0.2, 0.25) is 0 Å². The Morgan fingerprint density at radius 3 is 2.48 bits per heavy atom. The lowest BCUT2D eigenvalue weighted by atomic mass is 10.0. The van der Waals surface area contributed by atoms with E-state index in [1.54, 1.807) is 12.0 Å². The van der Waals surface area contributed by atoms with Gasteiger partial charge in [-0.05, 0) is 45.7 Å². The molecule has 128 valence electrons. The Balaban J connectivity index is 1.87. The largest absolute Gasteiger partial charge is 0.497 e. The van der Waals surface area contributed by atoms with Crippen LogP contribution < -0.4 is 10.1 Å². The van der Waals surface area contributed by atoms with E-state index in [1.165, 1.54) is 0 Å². The topological polar surface area (TPSA) is 50.8 Å². The lowest BCUT2D eigenvalue weighted by molar-refractivity contribution is 0.0210. The fourth-order valence-electron chi connectivity index (χ4n) is 2.53. The highest BCUT2D eigenvalue weighted by atomic mass is 79.9. The average Bonchev–Trinajstić information content (AvgIpc) is 2.45. The summed E-state index contributed by atoms with van der Waals surface area (Å²) in [4.78, 5) is 13.9. The molecule has 0 radical (unpaired) electrons. The number of benzene rings is 1. The molecule has 1 amide bonds. The van der Waals surface area contributed by atoms with E-state index in [1.807, 2.05) is 39.0 Å². The van der Waals surface area contributed by atoms with Crippen molar-refractivity contribution < 1.29 is 14.3 Å². The van der Waals surface area contributed by atoms with Crippen molar-refractivity contribution in [3.05, 3.63) is 22.7 Å². The zero-order valence-electron chi connectivity index (χ0n) is 14.2. The minimum atomic E-state index is -0.445. The minimum Gasteiger partial charge on any atom is -0.497 e. The van der Waals surface area contributed by atoms with Crippen molar-refractivity contribution in [2.24, 2.45) is 0 Å². The first-order chi connectivity index (χ1) is 10.8. The van der Waals surface area contributed by atoms with Gasteiger partial charge in [0.05, 0.1) is 7.11 Å². The highest BCUT2D eigenvalue weighted by Gasteiger charge is 2.26. The third-order valence-electron chi connectivity index (χ3n) is 3.62. The highest BCUT2D eigenvalue weighted by molar-refractivity contribution is 9.10. The van der Waals surface area contributed by atoms with Crippen molar-refractivity contribution in [2.75, 3.05) is 25.5 Å². The Hall–Kier alpha value is -1.43. The summed E-state index contributed by atoms with van der Waals surface area (Å²) < 4.78 is 11.7. The van der Waals surface area contributed by atoms with Gasteiger partial charge in [-0.3, -0.25) is 0 Å². The number of carbonyl (C=O) groups excluding carboxylic acids is 1. The Morgan fingerprint density at radius 1 is 1.26 bits per heavy atom. The molecule has 1 heterocycles. The van der Waals surface area contributed by atoms with E-state index < -0.39 is 5.60 Å². The molecule has 1 fully saturated rings. The molecule has 0 unspecified atom stereocenters. The number of carbonyl (C=O) groups is 1. The average molecular weight is 385 g/mol. The summed E-state index contributed by atoms with van der Waals surface area (Å²) >= 11 is 3.49. The van der Waals surface area contributed by atoms with Gasteiger partial charge < -0.3 is 19.7 Å². The number of piperidine rings is 1. The van der Waals surface area contributed by atoms with Crippen molar-refractivity contribution in [2.45, 2.75) is 45.3 Å². The lowest BCUT2D eigenvalue weighted by Gasteiger charge is -2.34. The van der Waals surface area contributed by atoms with Crippen LogP contribution in [0, 0.1) is 0 Å². The first kappa shape index (κ1) is 17.9. The molecule has 0 aromatic heterocycles. The molecule has 1 aromatic carbocycles. The molecular formula is C17H25BrN2O3. The van der Waals surface area contributed by atoms with Gasteiger partial charge in [-0.1, -0.05) is 15.9 Å². The molecule has 1 saturated heterocycles. The predicted octanol–water partition coefficient (Wildman–Crippen LogP) is 4.27. The molecule has 1 aliphatic rings. The fraction of sp³-hybridized carbons (Fsp3) is 0.588. The number of rotatable bonds is 3. The number of anilines is 1. The number of ether oxygens (including phenoxy) is 2. The van der Waals surface area contributed by atoms with Crippen LogP contribution in [0.4, 0.5) is 10.5 Å². The third-order valence-corrected chi connectivity index (χ3v) is 4.08. The number of likely N-dealkylation sites (tertiary alicyclic amines) is 1. The van der Waals surface area contributed by atoms with Crippen molar-refractivity contribution >= 4 is 27.7 Å². The normalized spacial score (nSPS) is 16.1.